The second-order valence-corrected chi connectivity index (χ2v) is 6.98. The number of aliphatic hydroxyl groups is 1. The summed E-state index contributed by atoms with van der Waals surface area (Å²) in [6, 6.07) is 0. The summed E-state index contributed by atoms with van der Waals surface area (Å²) in [6.07, 6.45) is 14.1. The van der Waals surface area contributed by atoms with Gasteiger partial charge >= 0.3 is 5.97 Å². The van der Waals surface area contributed by atoms with E-state index in [2.05, 4.69) is 27.6 Å². The fraction of sp³-hybridized carbons (Fsp3) is 0.941. The molecule has 2 atom stereocenters. The quantitative estimate of drug-likeness (QED) is 0.268. The number of unbranched alkanes of at least 4 members (excludes halogenated alkanes) is 10. The number of esters is 1. The van der Waals surface area contributed by atoms with E-state index in [4.69, 9.17) is 0 Å². The summed E-state index contributed by atoms with van der Waals surface area (Å²) in [7, 11) is 1.30. The molecule has 0 radical (unpaired) electrons. The lowest BCUT2D eigenvalue weighted by Gasteiger charge is -2.14. The molecule has 0 aliphatic heterocycles. The Balaban J connectivity index is 3.30. The largest absolute Gasteiger partial charge is 0.467 e. The van der Waals surface area contributed by atoms with Crippen LogP contribution in [0.15, 0.2) is 0 Å². The molecule has 0 unspecified atom stereocenters. The number of rotatable bonds is 14. The molecule has 0 aromatic heterocycles. The van der Waals surface area contributed by atoms with Crippen LogP contribution in [0.5, 0.6) is 0 Å². The van der Waals surface area contributed by atoms with Gasteiger partial charge in [-0.1, -0.05) is 93.5 Å². The van der Waals surface area contributed by atoms with Crippen molar-refractivity contribution in [3.8, 4) is 0 Å². The van der Waals surface area contributed by atoms with E-state index in [0.717, 1.165) is 12.8 Å². The van der Waals surface area contributed by atoms with Crippen LogP contribution >= 0.6 is 15.9 Å². The van der Waals surface area contributed by atoms with Gasteiger partial charge in [0, 0.05) is 0 Å². The minimum atomic E-state index is -1.04. The van der Waals surface area contributed by atoms with Gasteiger partial charge in [0.1, 0.15) is 0 Å². The molecule has 0 saturated heterocycles. The van der Waals surface area contributed by atoms with Gasteiger partial charge in [0.05, 0.1) is 11.9 Å². The smallest absolute Gasteiger partial charge is 0.335 e. The summed E-state index contributed by atoms with van der Waals surface area (Å²) in [5, 5.41) is 9.63. The van der Waals surface area contributed by atoms with Gasteiger partial charge in [-0.2, -0.15) is 0 Å². The number of hydrogen-bond acceptors (Lipinski definition) is 3. The average Bonchev–Trinajstić information content (AvgIpc) is 2.50. The number of methoxy groups -OCH3 is 1. The third-order valence-electron chi connectivity index (χ3n) is 3.87. The lowest BCUT2D eigenvalue weighted by atomic mass is 10.0. The second-order valence-electron chi connectivity index (χ2n) is 5.81. The first-order valence-electron chi connectivity index (χ1n) is 8.53. The van der Waals surface area contributed by atoms with Crippen LogP contribution in [-0.4, -0.2) is 29.1 Å². The Morgan fingerprint density at radius 2 is 1.38 bits per heavy atom. The minimum Gasteiger partial charge on any atom is -0.467 e. The van der Waals surface area contributed by atoms with E-state index in [-0.39, 0.29) is 4.83 Å². The predicted octanol–water partition coefficient (Wildman–Crippen LogP) is 4.98. The van der Waals surface area contributed by atoms with Crippen molar-refractivity contribution in [2.75, 3.05) is 7.11 Å². The van der Waals surface area contributed by atoms with Gasteiger partial charge in [0.25, 0.3) is 0 Å². The van der Waals surface area contributed by atoms with Crippen LogP contribution < -0.4 is 0 Å². The number of halogens is 1. The molecule has 0 aliphatic carbocycles. The number of alkyl halides is 1. The molecule has 0 aromatic carbocycles. The van der Waals surface area contributed by atoms with Gasteiger partial charge in [0.2, 0.25) is 0 Å². The average molecular weight is 365 g/mol. The monoisotopic (exact) mass is 364 g/mol. The van der Waals surface area contributed by atoms with Gasteiger partial charge in [-0.15, -0.1) is 0 Å². The molecule has 0 rings (SSSR count). The number of carbonyl (C=O) groups excluding carboxylic acids is 1. The lowest BCUT2D eigenvalue weighted by molar-refractivity contribution is -0.150. The van der Waals surface area contributed by atoms with Crippen LogP contribution in [0.3, 0.4) is 0 Å². The van der Waals surface area contributed by atoms with E-state index < -0.39 is 12.1 Å². The van der Waals surface area contributed by atoms with Crippen molar-refractivity contribution >= 4 is 21.9 Å². The molecule has 21 heavy (non-hydrogen) atoms. The minimum absolute atomic E-state index is 0.191. The Labute approximate surface area is 139 Å². The topological polar surface area (TPSA) is 46.5 Å². The van der Waals surface area contributed by atoms with Crippen LogP contribution in [0.2, 0.25) is 0 Å². The van der Waals surface area contributed by atoms with E-state index in [0.29, 0.717) is 0 Å². The van der Waals surface area contributed by atoms with Gasteiger partial charge in [-0.05, 0) is 6.42 Å². The SMILES string of the molecule is CCCCCCCCCCCCC[C@@H](Br)[C@@H](O)C(=O)OC. The number of ether oxygens (including phenoxy) is 1. The van der Waals surface area contributed by atoms with Gasteiger partial charge < -0.3 is 9.84 Å². The first-order valence-corrected chi connectivity index (χ1v) is 9.45. The third-order valence-corrected chi connectivity index (χ3v) is 4.83. The van der Waals surface area contributed by atoms with Crippen molar-refractivity contribution in [3.63, 3.8) is 0 Å². The van der Waals surface area contributed by atoms with E-state index >= 15 is 0 Å². The van der Waals surface area contributed by atoms with Gasteiger partial charge in [-0.3, -0.25) is 0 Å². The van der Waals surface area contributed by atoms with E-state index in [9.17, 15) is 9.90 Å². The molecule has 1 N–H and O–H groups in total. The van der Waals surface area contributed by atoms with Crippen LogP contribution in [-0.2, 0) is 9.53 Å². The molecule has 126 valence electrons. The van der Waals surface area contributed by atoms with Crippen molar-refractivity contribution in [1.29, 1.82) is 0 Å². The summed E-state index contributed by atoms with van der Waals surface area (Å²) in [5.74, 6) is -0.556. The fourth-order valence-corrected chi connectivity index (χ4v) is 2.97. The standard InChI is InChI=1S/C17H33BrO3/c1-3-4-5-6-7-8-9-10-11-12-13-14-15(18)16(19)17(20)21-2/h15-16,19H,3-14H2,1-2H3/t15-,16-/m1/s1. The van der Waals surface area contributed by atoms with Crippen LogP contribution in [0, 0.1) is 0 Å². The fourth-order valence-electron chi connectivity index (χ4n) is 2.43. The summed E-state index contributed by atoms with van der Waals surface area (Å²) in [5.41, 5.74) is 0. The normalized spacial score (nSPS) is 13.9. The van der Waals surface area contributed by atoms with Crippen LogP contribution in [0.1, 0.15) is 84.0 Å². The number of carbonyl (C=O) groups is 1. The van der Waals surface area contributed by atoms with Crippen molar-refractivity contribution < 1.29 is 14.6 Å². The molecular weight excluding hydrogens is 332 g/mol. The van der Waals surface area contributed by atoms with Crippen LogP contribution in [0.25, 0.3) is 0 Å². The molecule has 0 fully saturated rings. The third kappa shape index (κ3) is 12.2. The highest BCUT2D eigenvalue weighted by molar-refractivity contribution is 9.09. The summed E-state index contributed by atoms with van der Waals surface area (Å²) in [4.78, 5) is 11.0. The Morgan fingerprint density at radius 1 is 0.952 bits per heavy atom. The molecule has 0 spiro atoms. The van der Waals surface area contributed by atoms with E-state index in [1.165, 1.54) is 71.3 Å². The van der Waals surface area contributed by atoms with Gasteiger partial charge in [-0.25, -0.2) is 4.79 Å². The molecule has 0 heterocycles. The molecule has 0 aliphatic rings. The number of hydrogen-bond donors (Lipinski definition) is 1. The summed E-state index contributed by atoms with van der Waals surface area (Å²) < 4.78 is 4.52. The Bertz CT molecular complexity index is 246. The molecule has 3 nitrogen and oxygen atoms in total. The van der Waals surface area contributed by atoms with E-state index in [1.807, 2.05) is 0 Å². The molecule has 0 saturated carbocycles. The number of aliphatic hydroxyl groups excluding tert-OH is 1. The second kappa shape index (κ2) is 14.8. The Morgan fingerprint density at radius 3 is 1.81 bits per heavy atom. The van der Waals surface area contributed by atoms with E-state index in [1.54, 1.807) is 0 Å². The van der Waals surface area contributed by atoms with Crippen molar-refractivity contribution in [2.45, 2.75) is 94.9 Å². The zero-order valence-corrected chi connectivity index (χ0v) is 15.4. The maximum atomic E-state index is 11.2. The van der Waals surface area contributed by atoms with Crippen molar-refractivity contribution in [2.24, 2.45) is 0 Å². The predicted molar refractivity (Wildman–Crippen MR) is 91.8 cm³/mol. The Kier molecular flexibility index (Phi) is 14.8. The highest BCUT2D eigenvalue weighted by Gasteiger charge is 2.23. The first kappa shape index (κ1) is 20.9. The lowest BCUT2D eigenvalue weighted by Crippen LogP contribution is -2.30. The zero-order valence-electron chi connectivity index (χ0n) is 13.8. The van der Waals surface area contributed by atoms with Crippen molar-refractivity contribution in [3.05, 3.63) is 0 Å². The highest BCUT2D eigenvalue weighted by atomic mass is 79.9. The van der Waals surface area contributed by atoms with Crippen LogP contribution in [0.4, 0.5) is 0 Å². The molecule has 0 amide bonds. The molecule has 4 heteroatoms. The highest BCUT2D eigenvalue weighted by Crippen LogP contribution is 2.17. The summed E-state index contributed by atoms with van der Waals surface area (Å²) in [6.45, 7) is 2.25. The first-order chi connectivity index (χ1) is 10.1. The van der Waals surface area contributed by atoms with Crippen molar-refractivity contribution in [1.82, 2.24) is 0 Å². The molecule has 0 bridgehead atoms. The Hall–Kier alpha value is -0.0900. The maximum Gasteiger partial charge on any atom is 0.335 e. The molecule has 0 aromatic rings. The zero-order chi connectivity index (χ0) is 15.9. The maximum absolute atomic E-state index is 11.2. The summed E-state index contributed by atoms with van der Waals surface area (Å²) >= 11 is 3.36. The van der Waals surface area contributed by atoms with Gasteiger partial charge in [0.15, 0.2) is 6.10 Å². The molecular formula is C17H33BrO3.